The molecule has 2 aromatic heterocycles. The van der Waals surface area contributed by atoms with Gasteiger partial charge < -0.3 is 8.83 Å². The molecule has 0 atom stereocenters. The van der Waals surface area contributed by atoms with E-state index in [0.717, 1.165) is 0 Å². The fourth-order valence-corrected chi connectivity index (χ4v) is 3.86. The van der Waals surface area contributed by atoms with E-state index in [2.05, 4.69) is 0 Å². The van der Waals surface area contributed by atoms with Gasteiger partial charge in [0.1, 0.15) is 22.3 Å². The standard InChI is InChI=1S/C30H17ClO2/c31-25-15-14-21(30-29(25)24-9-2-4-11-27(24)33-30)20-7-5-6-18(16-20)19-12-13-23-22-8-1-3-10-26(22)32-28(23)17-19/h1-17H/i1D,2D,3D,4D,5D,6D,7D,8D,9D,10D,11D,12D,13D,14D,15D,16D,17D. The Morgan fingerprint density at radius 2 is 1.24 bits per heavy atom. The molecule has 0 aliphatic rings. The Labute approximate surface area is 218 Å². The molecule has 0 unspecified atom stereocenters. The van der Waals surface area contributed by atoms with Gasteiger partial charge in [-0.2, -0.15) is 0 Å². The summed E-state index contributed by atoms with van der Waals surface area (Å²) in [5, 5.41) is -1.44. The lowest BCUT2D eigenvalue weighted by Gasteiger charge is -2.08. The number of rotatable bonds is 2. The molecule has 7 aromatic rings. The van der Waals surface area contributed by atoms with Crippen LogP contribution in [0.3, 0.4) is 0 Å². The van der Waals surface area contributed by atoms with Gasteiger partial charge in [0.15, 0.2) is 0 Å². The first kappa shape index (κ1) is 8.40. The zero-order valence-electron chi connectivity index (χ0n) is 33.2. The van der Waals surface area contributed by atoms with Crippen molar-refractivity contribution in [2.24, 2.45) is 0 Å². The lowest BCUT2D eigenvalue weighted by Crippen LogP contribution is -1.83. The van der Waals surface area contributed by atoms with Crippen LogP contribution in [0.15, 0.2) is 112 Å². The number of furan rings is 2. The van der Waals surface area contributed by atoms with Crippen LogP contribution >= 0.6 is 11.6 Å². The summed E-state index contributed by atoms with van der Waals surface area (Å²) < 4.78 is 157. The van der Waals surface area contributed by atoms with Gasteiger partial charge in [-0.05, 0) is 59.0 Å². The molecule has 2 heterocycles. The van der Waals surface area contributed by atoms with Gasteiger partial charge in [-0.15, -0.1) is 0 Å². The van der Waals surface area contributed by atoms with Crippen molar-refractivity contribution in [3.63, 3.8) is 0 Å². The average molecular weight is 462 g/mol. The number of benzene rings is 5. The molecule has 0 saturated heterocycles. The van der Waals surface area contributed by atoms with Crippen LogP contribution in [-0.2, 0) is 0 Å². The highest BCUT2D eigenvalue weighted by Gasteiger charge is 2.16. The summed E-state index contributed by atoms with van der Waals surface area (Å²) >= 11 is 6.47. The lowest BCUT2D eigenvalue weighted by atomic mass is 9.97. The number of hydrogen-bond donors (Lipinski definition) is 0. The molecule has 5 aromatic carbocycles. The maximum atomic E-state index is 9.24. The van der Waals surface area contributed by atoms with Gasteiger partial charge >= 0.3 is 0 Å². The van der Waals surface area contributed by atoms with Crippen LogP contribution in [0.1, 0.15) is 23.3 Å². The van der Waals surface area contributed by atoms with E-state index in [-0.39, 0.29) is 21.5 Å². The molecule has 0 aliphatic heterocycles. The molecular weight excluding hydrogens is 428 g/mol. The Morgan fingerprint density at radius 3 is 2.12 bits per heavy atom. The molecule has 0 spiro atoms. The summed E-state index contributed by atoms with van der Waals surface area (Å²) in [5.74, 6) is 0. The summed E-state index contributed by atoms with van der Waals surface area (Å²) in [6.45, 7) is 0. The zero-order valence-corrected chi connectivity index (χ0v) is 17.0. The maximum absolute atomic E-state index is 9.24. The van der Waals surface area contributed by atoms with Crippen molar-refractivity contribution in [3.8, 4) is 22.3 Å². The molecule has 7 rings (SSSR count). The molecule has 0 aliphatic carbocycles. The van der Waals surface area contributed by atoms with Crippen molar-refractivity contribution in [3.05, 3.63) is 108 Å². The minimum atomic E-state index is -0.852. The van der Waals surface area contributed by atoms with Crippen LogP contribution in [0.25, 0.3) is 66.1 Å². The first-order valence-electron chi connectivity index (χ1n) is 18.0. The van der Waals surface area contributed by atoms with E-state index in [1.807, 2.05) is 0 Å². The number of fused-ring (bicyclic) bond motifs is 6. The minimum Gasteiger partial charge on any atom is -0.456 e. The van der Waals surface area contributed by atoms with Gasteiger partial charge in [0.05, 0.1) is 28.3 Å². The predicted octanol–water partition coefficient (Wildman–Crippen LogP) is 9.47. The fourth-order valence-electron chi connectivity index (χ4n) is 3.63. The average Bonchev–Trinajstić information content (AvgIpc) is 3.69. The Morgan fingerprint density at radius 1 is 0.545 bits per heavy atom. The summed E-state index contributed by atoms with van der Waals surface area (Å²) in [6.07, 6.45) is 0. The van der Waals surface area contributed by atoms with Crippen molar-refractivity contribution in [2.75, 3.05) is 0 Å². The molecule has 0 amide bonds. The van der Waals surface area contributed by atoms with Crippen molar-refractivity contribution in [1.82, 2.24) is 0 Å². The first-order valence-corrected chi connectivity index (χ1v) is 9.88. The Kier molecular flexibility index (Phi) is 1.78. The van der Waals surface area contributed by atoms with Crippen molar-refractivity contribution in [1.29, 1.82) is 0 Å². The van der Waals surface area contributed by atoms with E-state index in [0.29, 0.717) is 0 Å². The molecule has 0 saturated carbocycles. The SMILES string of the molecule is [2H]c1c([2H])c(-c2c([2H])c([2H])c3c(oc4c([2H])c([2H])c([2H])c([2H])c43)c2[2H])c([2H])c(-c2c([2H])c([2H])c(Cl)c3c2oc2c([2H])c([2H])c([2H])c([2H])c23)c1[2H]. The van der Waals surface area contributed by atoms with Gasteiger partial charge in [-0.25, -0.2) is 0 Å². The molecule has 156 valence electrons. The molecule has 0 bridgehead atoms. The van der Waals surface area contributed by atoms with Gasteiger partial charge in [0, 0.05) is 27.1 Å². The highest BCUT2D eigenvalue weighted by molar-refractivity contribution is 6.38. The molecule has 33 heavy (non-hydrogen) atoms. The molecular formula is C30H17ClO2. The maximum Gasteiger partial charge on any atom is 0.144 e. The molecule has 0 N–H and O–H groups in total. The van der Waals surface area contributed by atoms with Gasteiger partial charge in [0.25, 0.3) is 0 Å². The summed E-state index contributed by atoms with van der Waals surface area (Å²) in [5.41, 5.74) is -3.98. The number of para-hydroxylation sites is 2. The minimum absolute atomic E-state index is 0.231. The Balaban J connectivity index is 1.66. The van der Waals surface area contributed by atoms with Crippen molar-refractivity contribution < 1.29 is 32.1 Å². The topological polar surface area (TPSA) is 26.3 Å². The van der Waals surface area contributed by atoms with E-state index < -0.39 is 152 Å². The monoisotopic (exact) mass is 461 g/mol. The van der Waals surface area contributed by atoms with E-state index >= 15 is 0 Å². The van der Waals surface area contributed by atoms with E-state index in [4.69, 9.17) is 42.4 Å². The number of hydrogen-bond acceptors (Lipinski definition) is 2. The second kappa shape index (κ2) is 6.99. The van der Waals surface area contributed by atoms with Gasteiger partial charge in [-0.1, -0.05) is 72.0 Å². The largest absolute Gasteiger partial charge is 0.456 e. The van der Waals surface area contributed by atoms with Crippen LogP contribution in [0.2, 0.25) is 5.02 Å². The van der Waals surface area contributed by atoms with E-state index in [1.54, 1.807) is 0 Å². The second-order valence-corrected chi connectivity index (χ2v) is 7.34. The third-order valence-corrected chi connectivity index (χ3v) is 5.37. The highest BCUT2D eigenvalue weighted by atomic mass is 35.5. The highest BCUT2D eigenvalue weighted by Crippen LogP contribution is 2.40. The lowest BCUT2D eigenvalue weighted by molar-refractivity contribution is 0.669. The first-order chi connectivity index (χ1) is 23.4. The quantitative estimate of drug-likeness (QED) is 0.256. The van der Waals surface area contributed by atoms with Crippen molar-refractivity contribution in [2.45, 2.75) is 0 Å². The molecule has 2 nitrogen and oxygen atoms in total. The Hall–Kier alpha value is -4.01. The van der Waals surface area contributed by atoms with E-state index in [1.165, 1.54) is 0 Å². The summed E-state index contributed by atoms with van der Waals surface area (Å²) in [4.78, 5) is 0. The van der Waals surface area contributed by atoms with Crippen LogP contribution in [-0.4, -0.2) is 0 Å². The number of halogens is 1. The summed E-state index contributed by atoms with van der Waals surface area (Å²) in [6, 6.07) is -11.8. The molecule has 0 radical (unpaired) electrons. The zero-order chi connectivity index (χ0) is 36.7. The van der Waals surface area contributed by atoms with Crippen LogP contribution < -0.4 is 0 Å². The fraction of sp³-hybridized carbons (Fsp3) is 0. The third kappa shape index (κ3) is 2.81. The predicted molar refractivity (Wildman–Crippen MR) is 137 cm³/mol. The Bertz CT molecular complexity index is 2750. The third-order valence-electron chi connectivity index (χ3n) is 5.09. The second-order valence-electron chi connectivity index (χ2n) is 6.96. The smallest absolute Gasteiger partial charge is 0.144 e. The van der Waals surface area contributed by atoms with Gasteiger partial charge in [0.2, 0.25) is 0 Å². The van der Waals surface area contributed by atoms with E-state index in [9.17, 15) is 1.37 Å². The molecule has 0 fully saturated rings. The summed E-state index contributed by atoms with van der Waals surface area (Å²) in [7, 11) is 0. The normalized spacial score (nSPS) is 19.0. The van der Waals surface area contributed by atoms with Gasteiger partial charge in [-0.3, -0.25) is 0 Å². The molecule has 3 heteroatoms. The van der Waals surface area contributed by atoms with Crippen molar-refractivity contribution >= 4 is 55.5 Å². The van der Waals surface area contributed by atoms with Crippen LogP contribution in [0, 0.1) is 0 Å². The van der Waals surface area contributed by atoms with Crippen LogP contribution in [0.4, 0.5) is 0 Å². The van der Waals surface area contributed by atoms with Crippen LogP contribution in [0.5, 0.6) is 0 Å².